The number of ether oxygens (including phenoxy) is 1. The topological polar surface area (TPSA) is 72.0 Å². The van der Waals surface area contributed by atoms with Crippen LogP contribution in [0.3, 0.4) is 0 Å². The highest BCUT2D eigenvalue weighted by molar-refractivity contribution is 6.35. The minimum absolute atomic E-state index is 0.0632. The van der Waals surface area contributed by atoms with Crippen molar-refractivity contribution >= 4 is 17.4 Å². The van der Waals surface area contributed by atoms with Crippen LogP contribution in [-0.4, -0.2) is 16.9 Å². The zero-order valence-corrected chi connectivity index (χ0v) is 13.5. The number of pyridine rings is 1. The fraction of sp³-hybridized carbons (Fsp3) is 0.625. The van der Waals surface area contributed by atoms with Gasteiger partial charge in [-0.1, -0.05) is 32.4 Å². The zero-order valence-electron chi connectivity index (χ0n) is 12.7. The number of nitrogens with zero attached hydrogens (tertiary/aromatic N) is 1. The first-order valence-corrected chi connectivity index (χ1v) is 7.80. The molecule has 3 unspecified atom stereocenters. The molecule has 0 radical (unpaired) electrons. The minimum Gasteiger partial charge on any atom is -0.473 e. The third-order valence-electron chi connectivity index (χ3n) is 6.12. The highest BCUT2D eigenvalue weighted by atomic mass is 35.5. The average molecular weight is 308 g/mol. The second-order valence-electron chi connectivity index (χ2n) is 7.11. The van der Waals surface area contributed by atoms with Gasteiger partial charge in [-0.2, -0.15) is 0 Å². The molecule has 2 bridgehead atoms. The summed E-state index contributed by atoms with van der Waals surface area (Å²) in [6.07, 6.45) is 5.22. The maximum Gasteiger partial charge on any atom is 0.233 e. The Kier molecular flexibility index (Phi) is 3.21. The highest BCUT2D eigenvalue weighted by Crippen LogP contribution is 2.66. The van der Waals surface area contributed by atoms with Crippen molar-refractivity contribution < 1.29 is 4.74 Å². The molecule has 0 saturated heterocycles. The van der Waals surface area contributed by atoms with Crippen molar-refractivity contribution in [2.24, 2.45) is 22.5 Å². The second kappa shape index (κ2) is 4.60. The molecule has 4 nitrogen and oxygen atoms in total. The molecule has 3 atom stereocenters. The normalized spacial score (nSPS) is 33.1. The SMILES string of the molecule is CC1(C)C2CCC1(C)C(Oc1nccc(C(=N)N)c1Cl)C2. The maximum absolute atomic E-state index is 7.55. The number of halogens is 1. The molecule has 3 N–H and O–H groups in total. The number of nitrogen functional groups attached to an aromatic ring is 1. The number of amidine groups is 1. The molecule has 1 heterocycles. The number of nitrogens with two attached hydrogens (primary N) is 1. The van der Waals surface area contributed by atoms with E-state index in [1.807, 2.05) is 0 Å². The summed E-state index contributed by atoms with van der Waals surface area (Å²) in [4.78, 5) is 4.24. The number of nitrogens with one attached hydrogen (secondary N) is 1. The van der Waals surface area contributed by atoms with Crippen molar-refractivity contribution in [3.8, 4) is 5.88 Å². The standard InChI is InChI=1S/C16H22ClN3O/c1-15(2)9-4-6-16(15,3)11(8-9)21-14-12(17)10(13(18)19)5-7-20-14/h5,7,9,11H,4,6,8H2,1-3H3,(H3,18,19). The summed E-state index contributed by atoms with van der Waals surface area (Å²) in [5, 5.41) is 7.89. The summed E-state index contributed by atoms with van der Waals surface area (Å²) in [6.45, 7) is 7.00. The van der Waals surface area contributed by atoms with Crippen molar-refractivity contribution in [3.05, 3.63) is 22.8 Å². The van der Waals surface area contributed by atoms with E-state index in [0.717, 1.165) is 6.42 Å². The number of hydrogen-bond donors (Lipinski definition) is 2. The summed E-state index contributed by atoms with van der Waals surface area (Å²) in [5.74, 6) is 1.04. The van der Waals surface area contributed by atoms with Crippen LogP contribution < -0.4 is 10.5 Å². The Morgan fingerprint density at radius 1 is 1.48 bits per heavy atom. The van der Waals surface area contributed by atoms with Gasteiger partial charge in [0.15, 0.2) is 0 Å². The fourth-order valence-electron chi connectivity index (χ4n) is 4.16. The smallest absolute Gasteiger partial charge is 0.233 e. The molecule has 3 rings (SSSR count). The van der Waals surface area contributed by atoms with Gasteiger partial charge in [-0.25, -0.2) is 4.98 Å². The molecule has 2 aliphatic rings. The van der Waals surface area contributed by atoms with Crippen LogP contribution >= 0.6 is 11.6 Å². The Morgan fingerprint density at radius 2 is 2.19 bits per heavy atom. The van der Waals surface area contributed by atoms with Gasteiger partial charge in [-0.15, -0.1) is 0 Å². The minimum atomic E-state index is -0.0632. The molecular weight excluding hydrogens is 286 g/mol. The van der Waals surface area contributed by atoms with Crippen molar-refractivity contribution in [1.82, 2.24) is 4.98 Å². The summed E-state index contributed by atoms with van der Waals surface area (Å²) >= 11 is 6.29. The van der Waals surface area contributed by atoms with Crippen LogP contribution in [0, 0.1) is 22.2 Å². The van der Waals surface area contributed by atoms with Gasteiger partial charge in [0, 0.05) is 17.2 Å². The molecular formula is C16H22ClN3O. The van der Waals surface area contributed by atoms with E-state index in [4.69, 9.17) is 27.5 Å². The molecule has 0 amide bonds. The third-order valence-corrected chi connectivity index (χ3v) is 6.48. The molecule has 2 aliphatic carbocycles. The van der Waals surface area contributed by atoms with E-state index >= 15 is 0 Å². The van der Waals surface area contributed by atoms with E-state index < -0.39 is 0 Å². The largest absolute Gasteiger partial charge is 0.473 e. The number of rotatable bonds is 3. The summed E-state index contributed by atoms with van der Waals surface area (Å²) < 4.78 is 6.17. The lowest BCUT2D eigenvalue weighted by Gasteiger charge is -2.38. The van der Waals surface area contributed by atoms with Gasteiger partial charge in [0.25, 0.3) is 0 Å². The number of fused-ring (bicyclic) bond motifs is 2. The predicted molar refractivity (Wildman–Crippen MR) is 83.9 cm³/mol. The Labute approximate surface area is 130 Å². The van der Waals surface area contributed by atoms with Crippen LogP contribution in [0.4, 0.5) is 0 Å². The van der Waals surface area contributed by atoms with E-state index in [-0.39, 0.29) is 22.8 Å². The predicted octanol–water partition coefficient (Wildman–Crippen LogP) is 3.61. The van der Waals surface area contributed by atoms with E-state index in [1.165, 1.54) is 12.8 Å². The van der Waals surface area contributed by atoms with Crippen LogP contribution in [0.1, 0.15) is 45.6 Å². The summed E-state index contributed by atoms with van der Waals surface area (Å²) in [5.41, 5.74) is 6.45. The Balaban J connectivity index is 1.90. The molecule has 5 heteroatoms. The lowest BCUT2D eigenvalue weighted by atomic mass is 9.70. The average Bonchev–Trinajstić information content (AvgIpc) is 2.74. The van der Waals surface area contributed by atoms with Gasteiger partial charge in [-0.3, -0.25) is 5.41 Å². The first-order chi connectivity index (χ1) is 9.77. The first kappa shape index (κ1) is 14.6. The maximum atomic E-state index is 7.55. The van der Waals surface area contributed by atoms with E-state index in [0.29, 0.717) is 22.4 Å². The van der Waals surface area contributed by atoms with E-state index in [2.05, 4.69) is 25.8 Å². The zero-order chi connectivity index (χ0) is 15.4. The summed E-state index contributed by atoms with van der Waals surface area (Å²) in [7, 11) is 0. The van der Waals surface area contributed by atoms with Crippen molar-refractivity contribution in [3.63, 3.8) is 0 Å². The Bertz CT molecular complexity index is 601. The van der Waals surface area contributed by atoms with E-state index in [1.54, 1.807) is 12.3 Å². The van der Waals surface area contributed by atoms with Gasteiger partial charge in [0.2, 0.25) is 5.88 Å². The van der Waals surface area contributed by atoms with Crippen LogP contribution in [0.15, 0.2) is 12.3 Å². The van der Waals surface area contributed by atoms with Gasteiger partial charge in [0.05, 0.1) is 0 Å². The van der Waals surface area contributed by atoms with Crippen molar-refractivity contribution in [2.45, 2.75) is 46.1 Å². The lowest BCUT2D eigenvalue weighted by Crippen LogP contribution is -2.39. The molecule has 1 aromatic rings. The highest BCUT2D eigenvalue weighted by Gasteiger charge is 2.62. The van der Waals surface area contributed by atoms with Crippen molar-refractivity contribution in [1.29, 1.82) is 5.41 Å². The molecule has 0 aromatic carbocycles. The fourth-order valence-corrected chi connectivity index (χ4v) is 4.42. The third kappa shape index (κ3) is 1.95. The number of hydrogen-bond acceptors (Lipinski definition) is 3. The molecule has 1 aromatic heterocycles. The van der Waals surface area contributed by atoms with Crippen LogP contribution in [0.25, 0.3) is 0 Å². The summed E-state index contributed by atoms with van der Waals surface area (Å²) in [6, 6.07) is 1.64. The Hall–Kier alpha value is -1.29. The first-order valence-electron chi connectivity index (χ1n) is 7.43. The van der Waals surface area contributed by atoms with Gasteiger partial charge in [-0.05, 0) is 36.7 Å². The van der Waals surface area contributed by atoms with Gasteiger partial charge >= 0.3 is 0 Å². The van der Waals surface area contributed by atoms with Crippen LogP contribution in [-0.2, 0) is 0 Å². The molecule has 114 valence electrons. The molecule has 2 fully saturated rings. The quantitative estimate of drug-likeness (QED) is 0.662. The molecule has 21 heavy (non-hydrogen) atoms. The van der Waals surface area contributed by atoms with E-state index in [9.17, 15) is 0 Å². The van der Waals surface area contributed by atoms with Gasteiger partial charge < -0.3 is 10.5 Å². The second-order valence-corrected chi connectivity index (χ2v) is 7.49. The van der Waals surface area contributed by atoms with Gasteiger partial charge in [0.1, 0.15) is 17.0 Å². The van der Waals surface area contributed by atoms with Crippen LogP contribution in [0.2, 0.25) is 5.02 Å². The lowest BCUT2D eigenvalue weighted by molar-refractivity contribution is 0.0274. The monoisotopic (exact) mass is 307 g/mol. The van der Waals surface area contributed by atoms with Crippen molar-refractivity contribution in [2.75, 3.05) is 0 Å². The van der Waals surface area contributed by atoms with Crippen LogP contribution in [0.5, 0.6) is 5.88 Å². The Morgan fingerprint density at radius 3 is 2.71 bits per heavy atom. The molecule has 2 saturated carbocycles. The molecule has 0 spiro atoms. The molecule has 0 aliphatic heterocycles. The number of aromatic nitrogens is 1.